The van der Waals surface area contributed by atoms with E-state index in [0.717, 1.165) is 25.3 Å². The second-order valence-electron chi connectivity index (χ2n) is 5.40. The van der Waals surface area contributed by atoms with E-state index >= 15 is 0 Å². The summed E-state index contributed by atoms with van der Waals surface area (Å²) in [5.74, 6) is 0. The summed E-state index contributed by atoms with van der Waals surface area (Å²) in [6.45, 7) is 2.50. The van der Waals surface area contributed by atoms with Gasteiger partial charge in [0.25, 0.3) is 5.69 Å². The molecule has 0 bridgehead atoms. The predicted octanol–water partition coefficient (Wildman–Crippen LogP) is 1.66. The van der Waals surface area contributed by atoms with Gasteiger partial charge in [-0.1, -0.05) is 19.4 Å². The first-order chi connectivity index (χ1) is 10.4. The van der Waals surface area contributed by atoms with Crippen molar-refractivity contribution in [3.63, 3.8) is 0 Å². The SMILES string of the molecule is CCc1ccc([N+](=O)[O-])cc1S(=O)(=O)N1CCCCC1CN. The highest BCUT2D eigenvalue weighted by atomic mass is 32.2. The lowest BCUT2D eigenvalue weighted by molar-refractivity contribution is -0.385. The second kappa shape index (κ2) is 6.72. The number of non-ortho nitro benzene ring substituents is 1. The van der Waals surface area contributed by atoms with Gasteiger partial charge in [0.05, 0.1) is 9.82 Å². The minimum absolute atomic E-state index is 0.0320. The highest BCUT2D eigenvalue weighted by Gasteiger charge is 2.34. The third-order valence-corrected chi connectivity index (χ3v) is 6.11. The third-order valence-electron chi connectivity index (χ3n) is 4.07. The van der Waals surface area contributed by atoms with Crippen molar-refractivity contribution in [2.24, 2.45) is 5.73 Å². The van der Waals surface area contributed by atoms with Crippen molar-refractivity contribution >= 4 is 15.7 Å². The Kier molecular flexibility index (Phi) is 5.15. The molecular weight excluding hydrogens is 306 g/mol. The summed E-state index contributed by atoms with van der Waals surface area (Å²) in [6, 6.07) is 3.79. The van der Waals surface area contributed by atoms with Crippen LogP contribution in [0.5, 0.6) is 0 Å². The van der Waals surface area contributed by atoms with Crippen molar-refractivity contribution in [1.29, 1.82) is 0 Å². The Morgan fingerprint density at radius 1 is 1.41 bits per heavy atom. The van der Waals surface area contributed by atoms with Crippen LogP contribution in [0.15, 0.2) is 23.1 Å². The summed E-state index contributed by atoms with van der Waals surface area (Å²) in [6.07, 6.45) is 2.95. The largest absolute Gasteiger partial charge is 0.329 e. The molecule has 1 saturated heterocycles. The zero-order valence-corrected chi connectivity index (χ0v) is 13.4. The van der Waals surface area contributed by atoms with Gasteiger partial charge < -0.3 is 5.73 Å². The molecule has 0 amide bonds. The van der Waals surface area contributed by atoms with Gasteiger partial charge in [-0.05, 0) is 24.8 Å². The fourth-order valence-electron chi connectivity index (χ4n) is 2.84. The molecule has 122 valence electrons. The van der Waals surface area contributed by atoms with Crippen LogP contribution in [0, 0.1) is 10.1 Å². The van der Waals surface area contributed by atoms with Gasteiger partial charge in [-0.15, -0.1) is 0 Å². The number of nitro benzene ring substituents is 1. The normalized spacial score (nSPS) is 20.0. The fraction of sp³-hybridized carbons (Fsp3) is 0.571. The number of sulfonamides is 1. The molecule has 0 aromatic heterocycles. The van der Waals surface area contributed by atoms with Crippen molar-refractivity contribution in [2.45, 2.75) is 43.5 Å². The smallest absolute Gasteiger partial charge is 0.270 e. The Morgan fingerprint density at radius 3 is 2.73 bits per heavy atom. The van der Waals surface area contributed by atoms with Crippen LogP contribution >= 0.6 is 0 Å². The molecule has 8 heteroatoms. The number of nitrogens with two attached hydrogens (primary N) is 1. The molecular formula is C14H21N3O4S. The molecule has 1 aromatic rings. The zero-order valence-electron chi connectivity index (χ0n) is 12.6. The van der Waals surface area contributed by atoms with Crippen LogP contribution in [0.3, 0.4) is 0 Å². The molecule has 2 rings (SSSR count). The predicted molar refractivity (Wildman–Crippen MR) is 83.1 cm³/mol. The number of nitrogens with zero attached hydrogens (tertiary/aromatic N) is 2. The molecule has 1 heterocycles. The topological polar surface area (TPSA) is 107 Å². The van der Waals surface area contributed by atoms with Crippen LogP contribution in [0.2, 0.25) is 0 Å². The number of aryl methyl sites for hydroxylation is 1. The number of rotatable bonds is 5. The first-order valence-electron chi connectivity index (χ1n) is 7.41. The van der Waals surface area contributed by atoms with Crippen molar-refractivity contribution in [2.75, 3.05) is 13.1 Å². The van der Waals surface area contributed by atoms with E-state index < -0.39 is 14.9 Å². The quantitative estimate of drug-likeness (QED) is 0.654. The average Bonchev–Trinajstić information content (AvgIpc) is 2.53. The van der Waals surface area contributed by atoms with Crippen molar-refractivity contribution in [1.82, 2.24) is 4.31 Å². The molecule has 7 nitrogen and oxygen atoms in total. The number of benzene rings is 1. The summed E-state index contributed by atoms with van der Waals surface area (Å²) in [5.41, 5.74) is 6.08. The first kappa shape index (κ1) is 16.9. The third kappa shape index (κ3) is 3.13. The summed E-state index contributed by atoms with van der Waals surface area (Å²) in [5, 5.41) is 11.0. The van der Waals surface area contributed by atoms with Crippen LogP contribution in [-0.2, 0) is 16.4 Å². The maximum atomic E-state index is 13.0. The maximum Gasteiger partial charge on any atom is 0.270 e. The van der Waals surface area contributed by atoms with Crippen LogP contribution in [0.25, 0.3) is 0 Å². The van der Waals surface area contributed by atoms with Gasteiger partial charge in [0.15, 0.2) is 0 Å². The van der Waals surface area contributed by atoms with Crippen molar-refractivity contribution < 1.29 is 13.3 Å². The average molecular weight is 327 g/mol. The molecule has 1 aromatic carbocycles. The molecule has 0 saturated carbocycles. The van der Waals surface area contributed by atoms with E-state index in [2.05, 4.69) is 0 Å². The highest BCUT2D eigenvalue weighted by Crippen LogP contribution is 2.29. The molecule has 0 spiro atoms. The van der Waals surface area contributed by atoms with Gasteiger partial charge in [0.2, 0.25) is 10.0 Å². The molecule has 0 aliphatic carbocycles. The van der Waals surface area contributed by atoms with Crippen molar-refractivity contribution in [3.8, 4) is 0 Å². The minimum atomic E-state index is -3.77. The Balaban J connectivity index is 2.51. The van der Waals surface area contributed by atoms with E-state index in [0.29, 0.717) is 18.5 Å². The van der Waals surface area contributed by atoms with Gasteiger partial charge in [0, 0.05) is 31.3 Å². The van der Waals surface area contributed by atoms with Gasteiger partial charge in [0.1, 0.15) is 0 Å². The lowest BCUT2D eigenvalue weighted by atomic mass is 10.1. The number of nitro groups is 1. The fourth-order valence-corrected chi connectivity index (χ4v) is 4.86. The summed E-state index contributed by atoms with van der Waals surface area (Å²) in [4.78, 5) is 10.4. The van der Waals surface area contributed by atoms with Crippen LogP contribution in [0.1, 0.15) is 31.7 Å². The number of hydrogen-bond acceptors (Lipinski definition) is 5. The minimum Gasteiger partial charge on any atom is -0.329 e. The first-order valence-corrected chi connectivity index (χ1v) is 8.85. The Bertz CT molecular complexity index is 660. The lowest BCUT2D eigenvalue weighted by Gasteiger charge is -2.34. The summed E-state index contributed by atoms with van der Waals surface area (Å²) in [7, 11) is -3.77. The molecule has 1 aliphatic rings. The molecule has 0 radical (unpaired) electrons. The van der Waals surface area contributed by atoms with E-state index in [1.165, 1.54) is 16.4 Å². The van der Waals surface area contributed by atoms with Gasteiger partial charge >= 0.3 is 0 Å². The lowest BCUT2D eigenvalue weighted by Crippen LogP contribution is -2.47. The Hall–Kier alpha value is -1.51. The number of hydrogen-bond donors (Lipinski definition) is 1. The molecule has 2 N–H and O–H groups in total. The van der Waals surface area contributed by atoms with Gasteiger partial charge in [-0.3, -0.25) is 10.1 Å². The highest BCUT2D eigenvalue weighted by molar-refractivity contribution is 7.89. The monoisotopic (exact) mass is 327 g/mol. The van der Waals surface area contributed by atoms with Crippen LogP contribution < -0.4 is 5.73 Å². The van der Waals surface area contributed by atoms with E-state index in [9.17, 15) is 18.5 Å². The van der Waals surface area contributed by atoms with Gasteiger partial charge in [-0.2, -0.15) is 4.31 Å². The Morgan fingerprint density at radius 2 is 2.14 bits per heavy atom. The van der Waals surface area contributed by atoms with E-state index in [1.807, 2.05) is 6.92 Å². The number of piperidine rings is 1. The zero-order chi connectivity index (χ0) is 16.3. The van der Waals surface area contributed by atoms with Gasteiger partial charge in [-0.25, -0.2) is 8.42 Å². The molecule has 22 heavy (non-hydrogen) atoms. The van der Waals surface area contributed by atoms with E-state index in [1.54, 1.807) is 0 Å². The Labute approximate surface area is 130 Å². The summed E-state index contributed by atoms with van der Waals surface area (Å²) >= 11 is 0. The van der Waals surface area contributed by atoms with Crippen LogP contribution in [-0.4, -0.2) is 36.8 Å². The summed E-state index contributed by atoms with van der Waals surface area (Å²) < 4.78 is 27.3. The standard InChI is InChI=1S/C14H21N3O4S/c1-2-11-6-7-12(17(18)19)9-14(11)22(20,21)16-8-4-3-5-13(16)10-15/h6-7,9,13H,2-5,8,10,15H2,1H3. The molecule has 1 unspecified atom stereocenters. The molecule has 1 atom stereocenters. The van der Waals surface area contributed by atoms with E-state index in [-0.39, 0.29) is 23.2 Å². The molecule has 1 aliphatic heterocycles. The van der Waals surface area contributed by atoms with Crippen molar-refractivity contribution in [3.05, 3.63) is 33.9 Å². The van der Waals surface area contributed by atoms with Crippen LogP contribution in [0.4, 0.5) is 5.69 Å². The molecule has 1 fully saturated rings. The van der Waals surface area contributed by atoms with E-state index in [4.69, 9.17) is 5.73 Å². The maximum absolute atomic E-state index is 13.0. The second-order valence-corrected chi connectivity index (χ2v) is 7.26.